The Balaban J connectivity index is 1.43. The Kier molecular flexibility index (Phi) is 5.44. The molecule has 1 aliphatic rings. The summed E-state index contributed by atoms with van der Waals surface area (Å²) >= 11 is 1.48. The Morgan fingerprint density at radius 3 is 2.39 bits per heavy atom. The lowest BCUT2D eigenvalue weighted by atomic mass is 9.92. The quantitative estimate of drug-likeness (QED) is 0.440. The van der Waals surface area contributed by atoms with Crippen molar-refractivity contribution in [1.29, 1.82) is 0 Å². The number of carbonyl (C=O) groups excluding carboxylic acids is 1. The topological polar surface area (TPSA) is 55.4 Å². The highest BCUT2D eigenvalue weighted by molar-refractivity contribution is 7.99. The highest BCUT2D eigenvalue weighted by Crippen LogP contribution is 2.28. The van der Waals surface area contributed by atoms with Gasteiger partial charge < -0.3 is 9.47 Å². The normalized spacial score (nSPS) is 19.4. The van der Waals surface area contributed by atoms with Crippen molar-refractivity contribution >= 4 is 34.5 Å². The van der Waals surface area contributed by atoms with Gasteiger partial charge in [-0.15, -0.1) is 10.2 Å². The van der Waals surface area contributed by atoms with Crippen LogP contribution in [0.4, 0.5) is 0 Å². The molecule has 2 aromatic heterocycles. The van der Waals surface area contributed by atoms with Gasteiger partial charge in [-0.05, 0) is 36.0 Å². The molecule has 0 aliphatic carbocycles. The molecule has 7 heteroatoms. The van der Waals surface area contributed by atoms with Crippen LogP contribution in [0.1, 0.15) is 25.8 Å². The number of thioether (sulfide) groups is 1. The van der Waals surface area contributed by atoms with E-state index >= 15 is 0 Å². The van der Waals surface area contributed by atoms with Crippen LogP contribution in [0.15, 0.2) is 59.8 Å². The van der Waals surface area contributed by atoms with Crippen molar-refractivity contribution in [3.05, 3.63) is 60.2 Å². The predicted octanol–water partition coefficient (Wildman–Crippen LogP) is 4.33. The van der Waals surface area contributed by atoms with Gasteiger partial charge in [0.15, 0.2) is 5.16 Å². The molecule has 1 saturated heterocycles. The van der Waals surface area contributed by atoms with Gasteiger partial charge in [-0.2, -0.15) is 0 Å². The third-order valence-electron chi connectivity index (χ3n) is 6.00. The Morgan fingerprint density at radius 2 is 1.65 bits per heavy atom. The van der Waals surface area contributed by atoms with E-state index in [4.69, 9.17) is 0 Å². The van der Waals surface area contributed by atoms with Gasteiger partial charge >= 0.3 is 0 Å². The molecular formula is C24H27N5OS. The number of amides is 1. The van der Waals surface area contributed by atoms with Crippen molar-refractivity contribution in [2.45, 2.75) is 32.0 Å². The fourth-order valence-corrected chi connectivity index (χ4v) is 5.58. The van der Waals surface area contributed by atoms with Gasteiger partial charge in [-0.3, -0.25) is 9.20 Å². The van der Waals surface area contributed by atoms with Crippen LogP contribution in [-0.2, 0) is 11.3 Å². The molecule has 31 heavy (non-hydrogen) atoms. The smallest absolute Gasteiger partial charge is 0.237 e. The largest absolute Gasteiger partial charge is 0.341 e. The molecule has 0 radical (unpaired) electrons. The second kappa shape index (κ2) is 8.38. The van der Waals surface area contributed by atoms with E-state index in [1.54, 1.807) is 0 Å². The maximum Gasteiger partial charge on any atom is 0.237 e. The zero-order valence-corrected chi connectivity index (χ0v) is 18.8. The number of piperidine rings is 1. The third-order valence-corrected chi connectivity index (χ3v) is 6.91. The van der Waals surface area contributed by atoms with Crippen molar-refractivity contribution in [3.8, 4) is 0 Å². The number of nitrogens with zero attached hydrogens (tertiary/aromatic N) is 5. The van der Waals surface area contributed by atoms with Crippen molar-refractivity contribution in [1.82, 2.24) is 24.1 Å². The number of imidazole rings is 1. The number of likely N-dealkylation sites (tertiary alicyclic amines) is 1. The van der Waals surface area contributed by atoms with Crippen molar-refractivity contribution in [2.75, 3.05) is 18.8 Å². The van der Waals surface area contributed by atoms with Crippen LogP contribution in [0.5, 0.6) is 0 Å². The molecule has 160 valence electrons. The summed E-state index contributed by atoms with van der Waals surface area (Å²) in [5.41, 5.74) is 3.39. The number of benzene rings is 2. The first-order valence-corrected chi connectivity index (χ1v) is 11.9. The van der Waals surface area contributed by atoms with Crippen LogP contribution < -0.4 is 0 Å². The van der Waals surface area contributed by atoms with Crippen LogP contribution >= 0.6 is 11.8 Å². The lowest BCUT2D eigenvalue weighted by Crippen LogP contribution is -2.43. The minimum Gasteiger partial charge on any atom is -0.341 e. The van der Waals surface area contributed by atoms with Crippen LogP contribution in [0.25, 0.3) is 16.8 Å². The summed E-state index contributed by atoms with van der Waals surface area (Å²) in [4.78, 5) is 14.9. The predicted molar refractivity (Wildman–Crippen MR) is 124 cm³/mol. The lowest BCUT2D eigenvalue weighted by Gasteiger charge is -2.34. The molecule has 2 atom stereocenters. The van der Waals surface area contributed by atoms with Gasteiger partial charge in [0.2, 0.25) is 11.7 Å². The maximum absolute atomic E-state index is 12.9. The molecule has 0 spiro atoms. The molecule has 0 unspecified atom stereocenters. The molecule has 6 nitrogen and oxygen atoms in total. The standard InChI is InChI=1S/C24H27N5OS/c1-17-12-18(2)14-27(13-17)22(30)16-31-24-26-25-23-28(15-19-8-4-3-5-9-19)20-10-6-7-11-21(20)29(23)24/h3-11,17-18H,12-16H2,1-2H3/t17-,18+. The molecule has 5 rings (SSSR count). The number of hydrogen-bond donors (Lipinski definition) is 0. The van der Waals surface area contributed by atoms with E-state index in [1.165, 1.54) is 23.7 Å². The van der Waals surface area contributed by atoms with Gasteiger partial charge in [0.1, 0.15) is 0 Å². The Hall–Kier alpha value is -2.80. The van der Waals surface area contributed by atoms with Crippen LogP contribution in [0, 0.1) is 11.8 Å². The summed E-state index contributed by atoms with van der Waals surface area (Å²) in [6, 6.07) is 18.7. The molecule has 0 bridgehead atoms. The van der Waals surface area contributed by atoms with Gasteiger partial charge in [0.25, 0.3) is 0 Å². The van der Waals surface area contributed by atoms with Crippen LogP contribution in [0.2, 0.25) is 0 Å². The molecule has 1 amide bonds. The summed E-state index contributed by atoms with van der Waals surface area (Å²) in [5.74, 6) is 2.51. The minimum atomic E-state index is 0.188. The molecule has 0 N–H and O–H groups in total. The van der Waals surface area contributed by atoms with Gasteiger partial charge in [0, 0.05) is 13.1 Å². The molecule has 4 aromatic rings. The average molecular weight is 434 g/mol. The second-order valence-electron chi connectivity index (χ2n) is 8.71. The fourth-order valence-electron chi connectivity index (χ4n) is 4.74. The molecule has 3 heterocycles. The number of carbonyl (C=O) groups is 1. The Morgan fingerprint density at radius 1 is 0.968 bits per heavy atom. The number of aromatic nitrogens is 4. The summed E-state index contributed by atoms with van der Waals surface area (Å²) < 4.78 is 4.27. The summed E-state index contributed by atoms with van der Waals surface area (Å²) in [7, 11) is 0. The first-order valence-electron chi connectivity index (χ1n) is 10.9. The van der Waals surface area contributed by atoms with Crippen LogP contribution in [-0.4, -0.2) is 48.8 Å². The summed E-state index contributed by atoms with van der Waals surface area (Å²) in [6.45, 7) is 6.90. The highest BCUT2D eigenvalue weighted by atomic mass is 32.2. The highest BCUT2D eigenvalue weighted by Gasteiger charge is 2.26. The van der Waals surface area contributed by atoms with E-state index in [0.717, 1.165) is 41.6 Å². The number of fused-ring (bicyclic) bond motifs is 3. The zero-order chi connectivity index (χ0) is 21.4. The van der Waals surface area contributed by atoms with Crippen LogP contribution in [0.3, 0.4) is 0 Å². The van der Waals surface area contributed by atoms with Crippen molar-refractivity contribution in [2.24, 2.45) is 11.8 Å². The molecular weight excluding hydrogens is 406 g/mol. The third kappa shape index (κ3) is 3.94. The fraction of sp³-hybridized carbons (Fsp3) is 0.375. The van der Waals surface area contributed by atoms with E-state index in [1.807, 2.05) is 23.1 Å². The first-order chi connectivity index (χ1) is 15.1. The monoisotopic (exact) mass is 433 g/mol. The number of rotatable bonds is 5. The van der Waals surface area contributed by atoms with E-state index in [0.29, 0.717) is 17.6 Å². The van der Waals surface area contributed by atoms with E-state index in [2.05, 4.69) is 69.4 Å². The Bertz CT molecular complexity index is 1200. The summed E-state index contributed by atoms with van der Waals surface area (Å²) in [6.07, 6.45) is 1.20. The first kappa shape index (κ1) is 20.1. The molecule has 1 aliphatic heterocycles. The summed E-state index contributed by atoms with van der Waals surface area (Å²) in [5, 5.41) is 9.70. The molecule has 2 aromatic carbocycles. The average Bonchev–Trinajstić information content (AvgIpc) is 3.32. The number of hydrogen-bond acceptors (Lipinski definition) is 4. The van der Waals surface area contributed by atoms with E-state index < -0.39 is 0 Å². The van der Waals surface area contributed by atoms with E-state index in [9.17, 15) is 4.79 Å². The molecule has 0 saturated carbocycles. The zero-order valence-electron chi connectivity index (χ0n) is 17.9. The molecule has 1 fully saturated rings. The van der Waals surface area contributed by atoms with Crippen molar-refractivity contribution in [3.63, 3.8) is 0 Å². The Labute approximate surface area is 186 Å². The second-order valence-corrected chi connectivity index (χ2v) is 9.65. The van der Waals surface area contributed by atoms with Crippen molar-refractivity contribution < 1.29 is 4.79 Å². The maximum atomic E-state index is 12.9. The van der Waals surface area contributed by atoms with E-state index in [-0.39, 0.29) is 5.91 Å². The van der Waals surface area contributed by atoms with Gasteiger partial charge in [-0.25, -0.2) is 0 Å². The minimum absolute atomic E-state index is 0.188. The van der Waals surface area contributed by atoms with Gasteiger partial charge in [0.05, 0.1) is 23.3 Å². The SMILES string of the molecule is C[C@@H]1C[C@H](C)CN(C(=O)CSc2nnc3n(Cc4ccccc4)c4ccccc4n23)C1. The number of para-hydroxylation sites is 2. The van der Waals surface area contributed by atoms with Gasteiger partial charge in [-0.1, -0.05) is 68.1 Å². The lowest BCUT2D eigenvalue weighted by molar-refractivity contribution is -0.130.